The van der Waals surface area contributed by atoms with E-state index in [2.05, 4.69) is 32.7 Å². The average molecular weight is 325 g/mol. The van der Waals surface area contributed by atoms with Gasteiger partial charge in [0.25, 0.3) is 11.5 Å². The molecule has 1 amide bonds. The summed E-state index contributed by atoms with van der Waals surface area (Å²) in [6.45, 7) is 3.68. The van der Waals surface area contributed by atoms with Crippen molar-refractivity contribution in [2.45, 2.75) is 32.7 Å². The molecular weight excluding hydrogens is 306 g/mol. The van der Waals surface area contributed by atoms with Crippen molar-refractivity contribution in [1.29, 1.82) is 0 Å². The van der Waals surface area contributed by atoms with Crippen molar-refractivity contribution in [2.24, 2.45) is 0 Å². The van der Waals surface area contributed by atoms with Gasteiger partial charge in [-0.15, -0.1) is 5.10 Å². The molecule has 124 valence electrons. The molecule has 0 bridgehead atoms. The molecule has 3 rings (SSSR count). The first-order valence-electron chi connectivity index (χ1n) is 7.84. The number of aromatic amines is 1. The van der Waals surface area contributed by atoms with Crippen molar-refractivity contribution in [3.63, 3.8) is 0 Å². The fourth-order valence-electron chi connectivity index (χ4n) is 2.59. The molecule has 7 heteroatoms. The lowest BCUT2D eigenvalue weighted by Gasteiger charge is -2.12. The van der Waals surface area contributed by atoms with Gasteiger partial charge in [-0.2, -0.15) is 0 Å². The fraction of sp³-hybridized carbons (Fsp3) is 0.294. The number of fused-ring (bicyclic) bond motifs is 1. The predicted molar refractivity (Wildman–Crippen MR) is 90.0 cm³/mol. The molecular formula is C17H19N5O2. The summed E-state index contributed by atoms with van der Waals surface area (Å²) in [5.74, 6) is -0.389. The molecule has 0 spiro atoms. The highest BCUT2D eigenvalue weighted by atomic mass is 16.2. The van der Waals surface area contributed by atoms with E-state index in [9.17, 15) is 9.59 Å². The molecule has 0 aliphatic rings. The van der Waals surface area contributed by atoms with Gasteiger partial charge in [-0.05, 0) is 32.3 Å². The molecule has 2 heterocycles. The fourth-order valence-corrected chi connectivity index (χ4v) is 2.59. The first-order chi connectivity index (χ1) is 11.5. The van der Waals surface area contributed by atoms with Gasteiger partial charge < -0.3 is 10.3 Å². The minimum absolute atomic E-state index is 0.0426. The van der Waals surface area contributed by atoms with Crippen LogP contribution in [0.2, 0.25) is 0 Å². The Bertz CT molecular complexity index is 914. The van der Waals surface area contributed by atoms with Gasteiger partial charge in [0.15, 0.2) is 11.2 Å². The number of aryl methyl sites for hydroxylation is 2. The van der Waals surface area contributed by atoms with Crippen molar-refractivity contribution in [3.05, 3.63) is 63.8 Å². The molecule has 0 unspecified atom stereocenters. The van der Waals surface area contributed by atoms with E-state index in [0.717, 1.165) is 12.8 Å². The van der Waals surface area contributed by atoms with Crippen LogP contribution in [-0.2, 0) is 6.42 Å². The topological polar surface area (TPSA) is 92.2 Å². The van der Waals surface area contributed by atoms with Gasteiger partial charge in [-0.25, -0.2) is 4.52 Å². The standard InChI is InChI=1S/C17H19N5O2/c1-11(8-9-13-6-4-3-5-7-13)18-16(23)14-15-17(24)19-12(2)10-22(15)21-20-14/h3-7,10-11H,8-9H2,1-2H3,(H,18,23)(H,19,24)/t11-/m1/s1. The lowest BCUT2D eigenvalue weighted by Crippen LogP contribution is -2.34. The molecule has 3 aromatic rings. The molecule has 0 aliphatic carbocycles. The summed E-state index contributed by atoms with van der Waals surface area (Å²) in [6, 6.07) is 10.0. The Hall–Kier alpha value is -2.96. The lowest BCUT2D eigenvalue weighted by atomic mass is 10.1. The first-order valence-corrected chi connectivity index (χ1v) is 7.84. The molecule has 0 aliphatic heterocycles. The van der Waals surface area contributed by atoms with Crippen molar-refractivity contribution >= 4 is 11.4 Å². The number of amides is 1. The minimum atomic E-state index is -0.389. The maximum Gasteiger partial charge on any atom is 0.276 e. The number of rotatable bonds is 5. The number of nitrogens with zero attached hydrogens (tertiary/aromatic N) is 3. The zero-order valence-electron chi connectivity index (χ0n) is 13.6. The predicted octanol–water partition coefficient (Wildman–Crippen LogP) is 1.48. The first kappa shape index (κ1) is 15.9. The van der Waals surface area contributed by atoms with E-state index in [1.165, 1.54) is 10.1 Å². The summed E-state index contributed by atoms with van der Waals surface area (Å²) < 4.78 is 1.33. The van der Waals surface area contributed by atoms with Gasteiger partial charge in [-0.1, -0.05) is 35.5 Å². The maximum atomic E-state index is 12.4. The van der Waals surface area contributed by atoms with Crippen LogP contribution in [-0.4, -0.2) is 31.8 Å². The van der Waals surface area contributed by atoms with E-state index < -0.39 is 0 Å². The molecule has 7 nitrogen and oxygen atoms in total. The molecule has 2 N–H and O–H groups in total. The molecule has 0 radical (unpaired) electrons. The van der Waals surface area contributed by atoms with Gasteiger partial charge in [-0.3, -0.25) is 9.59 Å². The average Bonchev–Trinajstić information content (AvgIpc) is 2.98. The second-order valence-corrected chi connectivity index (χ2v) is 5.90. The summed E-state index contributed by atoms with van der Waals surface area (Å²) in [7, 11) is 0. The largest absolute Gasteiger partial charge is 0.348 e. The van der Waals surface area contributed by atoms with Gasteiger partial charge in [0, 0.05) is 11.7 Å². The highest BCUT2D eigenvalue weighted by Gasteiger charge is 2.19. The Morgan fingerprint density at radius 1 is 1.33 bits per heavy atom. The van der Waals surface area contributed by atoms with Gasteiger partial charge in [0.05, 0.1) is 6.20 Å². The normalized spacial score (nSPS) is 12.2. The smallest absolute Gasteiger partial charge is 0.276 e. The van der Waals surface area contributed by atoms with Crippen molar-refractivity contribution in [3.8, 4) is 0 Å². The van der Waals surface area contributed by atoms with Crippen molar-refractivity contribution in [2.75, 3.05) is 0 Å². The number of benzene rings is 1. The van der Waals surface area contributed by atoms with Crippen LogP contribution in [0.4, 0.5) is 0 Å². The Balaban J connectivity index is 1.70. The van der Waals surface area contributed by atoms with E-state index in [1.807, 2.05) is 25.1 Å². The van der Waals surface area contributed by atoms with Crippen LogP contribution in [0.15, 0.2) is 41.3 Å². The van der Waals surface area contributed by atoms with Crippen LogP contribution in [0.3, 0.4) is 0 Å². The van der Waals surface area contributed by atoms with Crippen LogP contribution >= 0.6 is 0 Å². The molecule has 1 aromatic carbocycles. The molecule has 0 saturated heterocycles. The summed E-state index contributed by atoms with van der Waals surface area (Å²) in [5.41, 5.74) is 1.71. The van der Waals surface area contributed by atoms with Crippen LogP contribution in [0.1, 0.15) is 35.1 Å². The van der Waals surface area contributed by atoms with E-state index in [1.54, 1.807) is 13.1 Å². The van der Waals surface area contributed by atoms with Crippen LogP contribution in [0, 0.1) is 6.92 Å². The Kier molecular flexibility index (Phi) is 4.41. The molecule has 0 fully saturated rings. The minimum Gasteiger partial charge on any atom is -0.348 e. The molecule has 2 aromatic heterocycles. The number of nitrogens with one attached hydrogen (secondary N) is 2. The SMILES string of the molecule is Cc1cn2nnc(C(=O)N[C@H](C)CCc3ccccc3)c2c(=O)[nH]1. The van der Waals surface area contributed by atoms with Gasteiger partial charge >= 0.3 is 0 Å². The third-order valence-corrected chi connectivity index (χ3v) is 3.84. The molecule has 24 heavy (non-hydrogen) atoms. The summed E-state index contributed by atoms with van der Waals surface area (Å²) >= 11 is 0. The number of carbonyl (C=O) groups excluding carboxylic acids is 1. The van der Waals surface area contributed by atoms with Crippen LogP contribution < -0.4 is 10.9 Å². The second kappa shape index (κ2) is 6.66. The quantitative estimate of drug-likeness (QED) is 0.743. The lowest BCUT2D eigenvalue weighted by molar-refractivity contribution is 0.0935. The second-order valence-electron chi connectivity index (χ2n) is 5.90. The highest BCUT2D eigenvalue weighted by molar-refractivity contribution is 5.98. The van der Waals surface area contributed by atoms with E-state index in [4.69, 9.17) is 0 Å². The monoisotopic (exact) mass is 325 g/mol. The molecule has 1 atom stereocenters. The van der Waals surface area contributed by atoms with Crippen molar-refractivity contribution in [1.82, 2.24) is 25.1 Å². The summed E-state index contributed by atoms with van der Waals surface area (Å²) in [6.07, 6.45) is 3.29. The Labute approximate surface area is 138 Å². The molecule has 0 saturated carbocycles. The highest BCUT2D eigenvalue weighted by Crippen LogP contribution is 2.07. The zero-order valence-corrected chi connectivity index (χ0v) is 13.6. The number of carbonyl (C=O) groups is 1. The number of aromatic nitrogens is 4. The number of H-pyrrole nitrogens is 1. The van der Waals surface area contributed by atoms with E-state index in [0.29, 0.717) is 5.69 Å². The van der Waals surface area contributed by atoms with Gasteiger partial charge in [0.2, 0.25) is 0 Å². The summed E-state index contributed by atoms with van der Waals surface area (Å²) in [5, 5.41) is 10.6. The van der Waals surface area contributed by atoms with Crippen LogP contribution in [0.5, 0.6) is 0 Å². The van der Waals surface area contributed by atoms with Crippen LogP contribution in [0.25, 0.3) is 5.52 Å². The van der Waals surface area contributed by atoms with E-state index >= 15 is 0 Å². The summed E-state index contributed by atoms with van der Waals surface area (Å²) in [4.78, 5) is 27.1. The zero-order chi connectivity index (χ0) is 17.1. The third kappa shape index (κ3) is 3.34. The number of hydrogen-bond acceptors (Lipinski definition) is 4. The maximum absolute atomic E-state index is 12.4. The van der Waals surface area contributed by atoms with E-state index in [-0.39, 0.29) is 28.7 Å². The Morgan fingerprint density at radius 2 is 2.08 bits per heavy atom. The number of hydrogen-bond donors (Lipinski definition) is 2. The van der Waals surface area contributed by atoms with Gasteiger partial charge in [0.1, 0.15) is 0 Å². The third-order valence-electron chi connectivity index (χ3n) is 3.84. The Morgan fingerprint density at radius 3 is 2.83 bits per heavy atom. The van der Waals surface area contributed by atoms with Crippen molar-refractivity contribution < 1.29 is 4.79 Å².